The van der Waals surface area contributed by atoms with Crippen LogP contribution in [0.2, 0.25) is 0 Å². The van der Waals surface area contributed by atoms with Crippen molar-refractivity contribution in [2.75, 3.05) is 18.4 Å². The van der Waals surface area contributed by atoms with E-state index in [1.165, 1.54) is 0 Å². The number of carbonyl (C=O) groups excluding carboxylic acids is 1. The van der Waals surface area contributed by atoms with Crippen LogP contribution in [0.15, 0.2) is 4.52 Å². The zero-order valence-electron chi connectivity index (χ0n) is 14.9. The van der Waals surface area contributed by atoms with Gasteiger partial charge in [-0.15, -0.1) is 0 Å². The Hall–Kier alpha value is -2.22. The zero-order valence-corrected chi connectivity index (χ0v) is 14.9. The summed E-state index contributed by atoms with van der Waals surface area (Å²) < 4.78 is 7.16. The molecule has 2 aromatic heterocycles. The molecule has 1 aliphatic heterocycles. The lowest BCUT2D eigenvalue weighted by atomic mass is 10.2. The van der Waals surface area contributed by atoms with Crippen molar-refractivity contribution in [1.29, 1.82) is 0 Å². The van der Waals surface area contributed by atoms with E-state index in [2.05, 4.69) is 25.5 Å². The molecule has 0 aromatic carbocycles. The molecule has 2 aromatic rings. The van der Waals surface area contributed by atoms with Crippen molar-refractivity contribution in [3.8, 4) is 0 Å². The molecule has 0 unspecified atom stereocenters. The van der Waals surface area contributed by atoms with Gasteiger partial charge in [0.15, 0.2) is 5.82 Å². The van der Waals surface area contributed by atoms with Crippen LogP contribution in [0.1, 0.15) is 60.7 Å². The first-order valence-electron chi connectivity index (χ1n) is 8.90. The van der Waals surface area contributed by atoms with Crippen LogP contribution in [0.3, 0.4) is 0 Å². The van der Waals surface area contributed by atoms with Crippen molar-refractivity contribution in [3.05, 3.63) is 23.1 Å². The molecule has 3 heterocycles. The predicted octanol–water partition coefficient (Wildman–Crippen LogP) is 2.07. The third-order valence-electron chi connectivity index (χ3n) is 5.17. The van der Waals surface area contributed by atoms with Crippen molar-refractivity contribution < 1.29 is 9.32 Å². The van der Waals surface area contributed by atoms with Crippen molar-refractivity contribution in [1.82, 2.24) is 24.8 Å². The van der Waals surface area contributed by atoms with Crippen LogP contribution in [-0.2, 0) is 11.8 Å². The van der Waals surface area contributed by atoms with E-state index in [-0.39, 0.29) is 11.9 Å². The fourth-order valence-electron chi connectivity index (χ4n) is 3.50. The molecule has 0 radical (unpaired) electrons. The summed E-state index contributed by atoms with van der Waals surface area (Å²) in [6.45, 7) is 5.05. The lowest BCUT2D eigenvalue weighted by Gasteiger charge is -2.21. The third kappa shape index (κ3) is 3.18. The fourth-order valence-corrected chi connectivity index (χ4v) is 3.50. The smallest absolute Gasteiger partial charge is 0.238 e. The van der Waals surface area contributed by atoms with Gasteiger partial charge in [-0.2, -0.15) is 10.1 Å². The summed E-state index contributed by atoms with van der Waals surface area (Å²) >= 11 is 0. The normalized spacial score (nSPS) is 21.0. The quantitative estimate of drug-likeness (QED) is 0.893. The standard InChI is InChI=1S/C17H24N6O2/c1-10-15(11(2)22(3)20-10)18-14(24)9-23-8-4-5-13(23)16-19-17(25-21-16)12-6-7-12/h12-13H,4-9H2,1-3H3,(H,18,24)/t13-/m1/s1. The van der Waals surface area contributed by atoms with Crippen LogP contribution in [0, 0.1) is 13.8 Å². The minimum Gasteiger partial charge on any atom is -0.339 e. The van der Waals surface area contributed by atoms with Gasteiger partial charge in [-0.3, -0.25) is 14.4 Å². The largest absolute Gasteiger partial charge is 0.339 e. The Labute approximate surface area is 146 Å². The van der Waals surface area contributed by atoms with E-state index in [4.69, 9.17) is 4.52 Å². The van der Waals surface area contributed by atoms with Crippen molar-refractivity contribution in [2.45, 2.75) is 51.5 Å². The molecule has 2 aliphatic rings. The van der Waals surface area contributed by atoms with E-state index in [9.17, 15) is 4.79 Å². The number of rotatable bonds is 5. The topological polar surface area (TPSA) is 89.1 Å². The number of carbonyl (C=O) groups is 1. The van der Waals surface area contributed by atoms with E-state index in [1.54, 1.807) is 4.68 Å². The summed E-state index contributed by atoms with van der Waals surface area (Å²) in [5, 5.41) is 11.5. The number of hydrogen-bond acceptors (Lipinski definition) is 6. The first-order valence-corrected chi connectivity index (χ1v) is 8.90. The molecule has 8 heteroatoms. The van der Waals surface area contributed by atoms with E-state index in [0.717, 1.165) is 61.0 Å². The monoisotopic (exact) mass is 344 g/mol. The maximum atomic E-state index is 12.5. The maximum absolute atomic E-state index is 12.5. The van der Waals surface area contributed by atoms with E-state index >= 15 is 0 Å². The Morgan fingerprint density at radius 2 is 2.12 bits per heavy atom. The lowest BCUT2D eigenvalue weighted by Crippen LogP contribution is -2.33. The van der Waals surface area contributed by atoms with E-state index in [1.807, 2.05) is 20.9 Å². The van der Waals surface area contributed by atoms with Crippen LogP contribution < -0.4 is 5.32 Å². The molecular weight excluding hydrogens is 320 g/mol. The van der Waals surface area contributed by atoms with Crippen LogP contribution in [-0.4, -0.2) is 43.8 Å². The average Bonchev–Trinajstić information content (AvgIpc) is 3.04. The molecule has 1 saturated carbocycles. The predicted molar refractivity (Wildman–Crippen MR) is 91.1 cm³/mol. The first-order chi connectivity index (χ1) is 12.0. The Morgan fingerprint density at radius 3 is 2.80 bits per heavy atom. The van der Waals surface area contributed by atoms with Gasteiger partial charge in [-0.25, -0.2) is 0 Å². The number of aryl methyl sites for hydroxylation is 2. The van der Waals surface area contributed by atoms with Gasteiger partial charge in [0.25, 0.3) is 0 Å². The molecule has 1 saturated heterocycles. The Balaban J connectivity index is 1.42. The highest BCUT2D eigenvalue weighted by molar-refractivity contribution is 5.93. The van der Waals surface area contributed by atoms with Gasteiger partial charge in [0.1, 0.15) is 0 Å². The average molecular weight is 344 g/mol. The lowest BCUT2D eigenvalue weighted by molar-refractivity contribution is -0.117. The van der Waals surface area contributed by atoms with Gasteiger partial charge in [-0.1, -0.05) is 5.16 Å². The molecule has 0 spiro atoms. The first kappa shape index (κ1) is 16.3. The van der Waals surface area contributed by atoms with Crippen LogP contribution in [0.4, 0.5) is 5.69 Å². The molecule has 25 heavy (non-hydrogen) atoms. The van der Waals surface area contributed by atoms with Crippen LogP contribution >= 0.6 is 0 Å². The van der Waals surface area contributed by atoms with Crippen LogP contribution in [0.5, 0.6) is 0 Å². The highest BCUT2D eigenvalue weighted by atomic mass is 16.5. The van der Waals surface area contributed by atoms with Crippen molar-refractivity contribution in [3.63, 3.8) is 0 Å². The van der Waals surface area contributed by atoms with Gasteiger partial charge < -0.3 is 9.84 Å². The summed E-state index contributed by atoms with van der Waals surface area (Å²) in [6, 6.07) is 0.0677. The third-order valence-corrected chi connectivity index (χ3v) is 5.17. The molecule has 1 atom stereocenters. The summed E-state index contributed by atoms with van der Waals surface area (Å²) in [7, 11) is 1.88. The van der Waals surface area contributed by atoms with E-state index in [0.29, 0.717) is 12.5 Å². The molecular formula is C17H24N6O2. The van der Waals surface area contributed by atoms with Gasteiger partial charge in [0, 0.05) is 13.0 Å². The fraction of sp³-hybridized carbons (Fsp3) is 0.647. The maximum Gasteiger partial charge on any atom is 0.238 e. The molecule has 134 valence electrons. The Bertz CT molecular complexity index is 791. The number of nitrogens with zero attached hydrogens (tertiary/aromatic N) is 5. The number of aromatic nitrogens is 4. The minimum atomic E-state index is -0.0305. The second-order valence-corrected chi connectivity index (χ2v) is 7.11. The highest BCUT2D eigenvalue weighted by Crippen LogP contribution is 2.40. The summed E-state index contributed by atoms with van der Waals surface area (Å²) in [6.07, 6.45) is 4.28. The molecule has 8 nitrogen and oxygen atoms in total. The van der Waals surface area contributed by atoms with E-state index < -0.39 is 0 Å². The molecule has 0 bridgehead atoms. The second kappa shape index (κ2) is 6.25. The molecule has 1 aliphatic carbocycles. The number of nitrogens with one attached hydrogen (secondary N) is 1. The summed E-state index contributed by atoms with van der Waals surface area (Å²) in [4.78, 5) is 19.2. The molecule has 4 rings (SSSR count). The number of hydrogen-bond donors (Lipinski definition) is 1. The second-order valence-electron chi connectivity index (χ2n) is 7.11. The molecule has 1 amide bonds. The molecule has 1 N–H and O–H groups in total. The van der Waals surface area contributed by atoms with Gasteiger partial charge in [0.2, 0.25) is 11.8 Å². The number of amides is 1. The van der Waals surface area contributed by atoms with Crippen LogP contribution in [0.25, 0.3) is 0 Å². The van der Waals surface area contributed by atoms with Gasteiger partial charge in [0.05, 0.1) is 29.7 Å². The minimum absolute atomic E-state index is 0.0305. The van der Waals surface area contributed by atoms with Crippen molar-refractivity contribution in [2.24, 2.45) is 7.05 Å². The summed E-state index contributed by atoms with van der Waals surface area (Å²) in [5.41, 5.74) is 2.59. The number of likely N-dealkylation sites (tertiary alicyclic amines) is 1. The SMILES string of the molecule is Cc1nn(C)c(C)c1NC(=O)CN1CCC[C@@H]1c1noc(C2CC2)n1. The highest BCUT2D eigenvalue weighted by Gasteiger charge is 2.34. The zero-order chi connectivity index (χ0) is 17.6. The Morgan fingerprint density at radius 1 is 1.32 bits per heavy atom. The summed E-state index contributed by atoms with van der Waals surface area (Å²) in [5.74, 6) is 1.90. The molecule has 2 fully saturated rings. The van der Waals surface area contributed by atoms with Gasteiger partial charge in [-0.05, 0) is 46.1 Å². The number of anilines is 1. The van der Waals surface area contributed by atoms with Crippen molar-refractivity contribution >= 4 is 11.6 Å². The van der Waals surface area contributed by atoms with Gasteiger partial charge >= 0.3 is 0 Å². The Kier molecular flexibility index (Phi) is 4.07.